The first kappa shape index (κ1) is 14.2. The number of benzene rings is 2. The summed E-state index contributed by atoms with van der Waals surface area (Å²) in [4.78, 5) is 9.51. The van der Waals surface area contributed by atoms with Crippen LogP contribution >= 0.6 is 0 Å². The van der Waals surface area contributed by atoms with Crippen LogP contribution in [0.15, 0.2) is 82.8 Å². The molecule has 0 aromatic heterocycles. The fraction of sp³-hybridized carbons (Fsp3) is 0.100. The fourth-order valence-corrected chi connectivity index (χ4v) is 2.42. The first-order valence-electron chi connectivity index (χ1n) is 7.37. The third kappa shape index (κ3) is 3.29. The minimum atomic E-state index is 0.947. The van der Waals surface area contributed by atoms with E-state index in [4.69, 9.17) is 9.98 Å². The highest BCUT2D eigenvalue weighted by Crippen LogP contribution is 2.22. The van der Waals surface area contributed by atoms with E-state index < -0.39 is 0 Å². The topological polar surface area (TPSA) is 24.7 Å². The Hall–Kier alpha value is -2.74. The molecule has 0 atom stereocenters. The zero-order valence-corrected chi connectivity index (χ0v) is 12.8. The highest BCUT2D eigenvalue weighted by molar-refractivity contribution is 6.09. The highest BCUT2D eigenvalue weighted by atomic mass is 14.8. The van der Waals surface area contributed by atoms with Crippen molar-refractivity contribution in [1.82, 2.24) is 0 Å². The zero-order valence-electron chi connectivity index (χ0n) is 12.8. The molecule has 1 aliphatic heterocycles. The second kappa shape index (κ2) is 6.35. The summed E-state index contributed by atoms with van der Waals surface area (Å²) in [6, 6.07) is 20.4. The maximum absolute atomic E-state index is 4.75. The van der Waals surface area contributed by atoms with Gasteiger partial charge in [-0.2, -0.15) is 0 Å². The van der Waals surface area contributed by atoms with Crippen molar-refractivity contribution in [2.75, 3.05) is 0 Å². The molecule has 22 heavy (non-hydrogen) atoms. The van der Waals surface area contributed by atoms with Crippen LogP contribution < -0.4 is 0 Å². The van der Waals surface area contributed by atoms with E-state index in [1.54, 1.807) is 0 Å². The molecule has 108 valence electrons. The summed E-state index contributed by atoms with van der Waals surface area (Å²) < 4.78 is 0. The van der Waals surface area contributed by atoms with Crippen LogP contribution in [0.4, 0.5) is 0 Å². The SMILES string of the molecule is CC1=N/C(c2ccccc2)=C\C(C)=N/C(c2ccccc2)=C\1. The van der Waals surface area contributed by atoms with Gasteiger partial charge in [-0.25, -0.2) is 0 Å². The molecule has 2 aromatic carbocycles. The van der Waals surface area contributed by atoms with Gasteiger partial charge in [0.05, 0.1) is 11.4 Å². The summed E-state index contributed by atoms with van der Waals surface area (Å²) in [5.41, 5.74) is 6.00. The lowest BCUT2D eigenvalue weighted by atomic mass is 10.1. The van der Waals surface area contributed by atoms with Gasteiger partial charge in [-0.3, -0.25) is 9.98 Å². The molecule has 0 saturated carbocycles. The number of aliphatic imine (C=N–C) groups is 2. The van der Waals surface area contributed by atoms with Gasteiger partial charge in [-0.05, 0) is 26.0 Å². The maximum Gasteiger partial charge on any atom is 0.0723 e. The van der Waals surface area contributed by atoms with Crippen LogP contribution in [0.2, 0.25) is 0 Å². The van der Waals surface area contributed by atoms with Gasteiger partial charge in [0.25, 0.3) is 0 Å². The summed E-state index contributed by atoms with van der Waals surface area (Å²) in [7, 11) is 0. The first-order chi connectivity index (χ1) is 10.7. The predicted molar refractivity (Wildman–Crippen MR) is 95.1 cm³/mol. The number of hydrogen-bond acceptors (Lipinski definition) is 2. The monoisotopic (exact) mass is 286 g/mol. The molecule has 0 radical (unpaired) electrons. The second-order valence-electron chi connectivity index (χ2n) is 5.30. The van der Waals surface area contributed by atoms with Gasteiger partial charge < -0.3 is 0 Å². The third-order valence-electron chi connectivity index (χ3n) is 3.42. The van der Waals surface area contributed by atoms with E-state index in [9.17, 15) is 0 Å². The largest absolute Gasteiger partial charge is 0.253 e. The second-order valence-corrected chi connectivity index (χ2v) is 5.30. The molecule has 1 heterocycles. The lowest BCUT2D eigenvalue weighted by molar-refractivity contribution is 1.44. The summed E-state index contributed by atoms with van der Waals surface area (Å²) in [6.45, 7) is 4.02. The minimum Gasteiger partial charge on any atom is -0.253 e. The van der Waals surface area contributed by atoms with Crippen molar-refractivity contribution in [3.63, 3.8) is 0 Å². The van der Waals surface area contributed by atoms with E-state index in [0.717, 1.165) is 33.9 Å². The van der Waals surface area contributed by atoms with Gasteiger partial charge in [-0.15, -0.1) is 0 Å². The lowest BCUT2D eigenvalue weighted by Gasteiger charge is -2.09. The molecule has 0 saturated heterocycles. The number of rotatable bonds is 2. The van der Waals surface area contributed by atoms with Gasteiger partial charge in [0.1, 0.15) is 0 Å². The molecule has 0 spiro atoms. The lowest BCUT2D eigenvalue weighted by Crippen LogP contribution is -1.98. The zero-order chi connectivity index (χ0) is 15.4. The van der Waals surface area contributed by atoms with Crippen molar-refractivity contribution in [2.24, 2.45) is 9.98 Å². The third-order valence-corrected chi connectivity index (χ3v) is 3.42. The van der Waals surface area contributed by atoms with E-state index in [1.807, 2.05) is 62.4 Å². The molecular formula is C20H18N2. The van der Waals surface area contributed by atoms with Crippen molar-refractivity contribution in [1.29, 1.82) is 0 Å². The molecule has 0 bridgehead atoms. The van der Waals surface area contributed by atoms with Gasteiger partial charge in [0, 0.05) is 22.6 Å². The molecule has 0 amide bonds. The standard InChI is InChI=1S/C20H18N2/c1-15-13-19(17-9-5-3-6-10-17)22-16(2)14-20(21-15)18-11-7-4-8-12-18/h3-14H,1-2H3/b15-13?,16-14?,19-13-,20-14-,21-15-,21-20?,22-16-,22-19?. The van der Waals surface area contributed by atoms with Crippen molar-refractivity contribution >= 4 is 22.8 Å². The smallest absolute Gasteiger partial charge is 0.0723 e. The Balaban J connectivity index is 2.04. The summed E-state index contributed by atoms with van der Waals surface area (Å²) in [5.74, 6) is 0. The number of hydrogen-bond donors (Lipinski definition) is 0. The van der Waals surface area contributed by atoms with Crippen LogP contribution in [-0.2, 0) is 0 Å². The Labute approximate surface area is 131 Å². The summed E-state index contributed by atoms with van der Waals surface area (Å²) in [6.07, 6.45) is 4.07. The average Bonchev–Trinajstić information content (AvgIpc) is 2.54. The average molecular weight is 286 g/mol. The molecule has 0 aliphatic carbocycles. The summed E-state index contributed by atoms with van der Waals surface area (Å²) >= 11 is 0. The molecule has 3 rings (SSSR count). The van der Waals surface area contributed by atoms with E-state index in [1.165, 1.54) is 0 Å². The quantitative estimate of drug-likeness (QED) is 0.742. The molecule has 2 nitrogen and oxygen atoms in total. The Morgan fingerprint density at radius 3 is 1.27 bits per heavy atom. The maximum atomic E-state index is 4.75. The van der Waals surface area contributed by atoms with E-state index >= 15 is 0 Å². The van der Waals surface area contributed by atoms with Crippen molar-refractivity contribution in [3.8, 4) is 0 Å². The van der Waals surface area contributed by atoms with E-state index in [2.05, 4.69) is 24.3 Å². The fourth-order valence-electron chi connectivity index (χ4n) is 2.42. The summed E-state index contributed by atoms with van der Waals surface area (Å²) in [5, 5.41) is 0. The van der Waals surface area contributed by atoms with Gasteiger partial charge >= 0.3 is 0 Å². The molecule has 0 unspecified atom stereocenters. The van der Waals surface area contributed by atoms with Crippen LogP contribution in [-0.4, -0.2) is 11.4 Å². The molecular weight excluding hydrogens is 268 g/mol. The molecule has 2 aromatic rings. The Morgan fingerprint density at radius 1 is 0.545 bits per heavy atom. The van der Waals surface area contributed by atoms with Gasteiger partial charge in [0.2, 0.25) is 0 Å². The van der Waals surface area contributed by atoms with Crippen LogP contribution in [0.5, 0.6) is 0 Å². The normalized spacial score (nSPS) is 24.5. The van der Waals surface area contributed by atoms with Crippen molar-refractivity contribution in [2.45, 2.75) is 13.8 Å². The Kier molecular flexibility index (Phi) is 4.10. The van der Waals surface area contributed by atoms with Crippen LogP contribution in [0, 0.1) is 0 Å². The molecule has 0 N–H and O–H groups in total. The minimum absolute atomic E-state index is 0.947. The van der Waals surface area contributed by atoms with E-state index in [0.29, 0.717) is 0 Å². The van der Waals surface area contributed by atoms with Crippen molar-refractivity contribution < 1.29 is 0 Å². The molecule has 2 heteroatoms. The Morgan fingerprint density at radius 2 is 0.909 bits per heavy atom. The van der Waals surface area contributed by atoms with Crippen LogP contribution in [0.1, 0.15) is 25.0 Å². The molecule has 1 aliphatic rings. The first-order valence-corrected chi connectivity index (χ1v) is 7.37. The predicted octanol–water partition coefficient (Wildman–Crippen LogP) is 5.00. The van der Waals surface area contributed by atoms with Crippen LogP contribution in [0.3, 0.4) is 0 Å². The van der Waals surface area contributed by atoms with Gasteiger partial charge in [-0.1, -0.05) is 60.7 Å². The highest BCUT2D eigenvalue weighted by Gasteiger charge is 2.07. The van der Waals surface area contributed by atoms with E-state index in [-0.39, 0.29) is 0 Å². The van der Waals surface area contributed by atoms with Crippen molar-refractivity contribution in [3.05, 3.63) is 83.9 Å². The molecule has 0 fully saturated rings. The van der Waals surface area contributed by atoms with Gasteiger partial charge in [0.15, 0.2) is 0 Å². The van der Waals surface area contributed by atoms with Crippen LogP contribution in [0.25, 0.3) is 11.4 Å². The number of allylic oxidation sites excluding steroid dienone is 2. The number of nitrogens with zero attached hydrogens (tertiary/aromatic N) is 2. The Bertz CT molecular complexity index is 709.